The van der Waals surface area contributed by atoms with E-state index in [1.54, 1.807) is 6.07 Å². The summed E-state index contributed by atoms with van der Waals surface area (Å²) < 4.78 is 12.6. The molecule has 3 heterocycles. The lowest BCUT2D eigenvalue weighted by molar-refractivity contribution is -0.134. The molecule has 0 bridgehead atoms. The molecule has 8 nitrogen and oxygen atoms in total. The fourth-order valence-electron chi connectivity index (χ4n) is 3.70. The van der Waals surface area contributed by atoms with Crippen molar-refractivity contribution in [3.63, 3.8) is 0 Å². The lowest BCUT2D eigenvalue weighted by Crippen LogP contribution is -2.49. The average molecular weight is 372 g/mol. The van der Waals surface area contributed by atoms with Crippen molar-refractivity contribution in [3.05, 3.63) is 29.6 Å². The highest BCUT2D eigenvalue weighted by Crippen LogP contribution is 2.28. The predicted molar refractivity (Wildman–Crippen MR) is 98.4 cm³/mol. The average Bonchev–Trinajstić information content (AvgIpc) is 3.01. The summed E-state index contributed by atoms with van der Waals surface area (Å²) in [5.41, 5.74) is 2.14. The van der Waals surface area contributed by atoms with E-state index < -0.39 is 0 Å². The third-order valence-electron chi connectivity index (χ3n) is 5.35. The number of esters is 1. The first-order valence-corrected chi connectivity index (χ1v) is 9.28. The zero-order valence-electron chi connectivity index (χ0n) is 15.6. The standard InChI is InChI=1S/C19H24N4O4/c1-12(22-7-6-20-10-17(22)24)18-21-15-4-3-13(19(25)26-2)9-16(15)23(18)11-14-5-8-27-14/h3-4,9,12,14,20H,5-8,10-11H2,1-2H3/t12-,14?/m0/s1. The molecule has 8 heteroatoms. The second-order valence-corrected chi connectivity index (χ2v) is 7.00. The Morgan fingerprint density at radius 3 is 2.96 bits per heavy atom. The summed E-state index contributed by atoms with van der Waals surface area (Å²) in [6.07, 6.45) is 1.13. The third-order valence-corrected chi connectivity index (χ3v) is 5.35. The van der Waals surface area contributed by atoms with Crippen molar-refractivity contribution in [2.45, 2.75) is 32.0 Å². The van der Waals surface area contributed by atoms with Gasteiger partial charge in [0.25, 0.3) is 0 Å². The SMILES string of the molecule is COC(=O)c1ccc2nc([C@H](C)N3CCNCC3=O)n(CC3CCO3)c2c1. The van der Waals surface area contributed by atoms with E-state index in [1.807, 2.05) is 24.0 Å². The molecular formula is C19H24N4O4. The number of ether oxygens (including phenoxy) is 2. The van der Waals surface area contributed by atoms with E-state index >= 15 is 0 Å². The number of nitrogens with zero attached hydrogens (tertiary/aromatic N) is 3. The van der Waals surface area contributed by atoms with Crippen LogP contribution in [0.15, 0.2) is 18.2 Å². The van der Waals surface area contributed by atoms with Crippen LogP contribution in [0, 0.1) is 0 Å². The monoisotopic (exact) mass is 372 g/mol. The van der Waals surface area contributed by atoms with Gasteiger partial charge in [-0.1, -0.05) is 0 Å². The van der Waals surface area contributed by atoms with Crippen LogP contribution in [0.2, 0.25) is 0 Å². The van der Waals surface area contributed by atoms with E-state index in [4.69, 9.17) is 14.5 Å². The molecule has 0 spiro atoms. The van der Waals surface area contributed by atoms with Gasteiger partial charge in [0, 0.05) is 19.7 Å². The van der Waals surface area contributed by atoms with E-state index in [2.05, 4.69) is 9.88 Å². The van der Waals surface area contributed by atoms with Crippen molar-refractivity contribution < 1.29 is 19.1 Å². The van der Waals surface area contributed by atoms with Crippen molar-refractivity contribution >= 4 is 22.9 Å². The molecule has 2 aliphatic heterocycles. The van der Waals surface area contributed by atoms with Crippen LogP contribution in [0.5, 0.6) is 0 Å². The minimum Gasteiger partial charge on any atom is -0.465 e. The molecule has 0 radical (unpaired) electrons. The van der Waals surface area contributed by atoms with Crippen molar-refractivity contribution in [3.8, 4) is 0 Å². The molecule has 1 aromatic carbocycles. The van der Waals surface area contributed by atoms with Crippen LogP contribution < -0.4 is 5.32 Å². The second kappa shape index (κ2) is 7.28. The number of imidazole rings is 1. The van der Waals surface area contributed by atoms with Crippen molar-refractivity contribution in [1.82, 2.24) is 19.8 Å². The van der Waals surface area contributed by atoms with Gasteiger partial charge in [-0.25, -0.2) is 9.78 Å². The number of nitrogens with one attached hydrogen (secondary N) is 1. The normalized spacial score (nSPS) is 21.2. The molecule has 1 unspecified atom stereocenters. The van der Waals surface area contributed by atoms with Crippen molar-refractivity contribution in [1.29, 1.82) is 0 Å². The molecule has 2 aliphatic rings. The minimum absolute atomic E-state index is 0.0718. The number of aromatic nitrogens is 2. The third kappa shape index (κ3) is 3.30. The highest BCUT2D eigenvalue weighted by molar-refractivity contribution is 5.93. The van der Waals surface area contributed by atoms with Crippen LogP contribution in [-0.2, 0) is 20.8 Å². The first-order chi connectivity index (χ1) is 13.1. The summed E-state index contributed by atoms with van der Waals surface area (Å²) in [5.74, 6) is 0.511. The molecule has 0 saturated carbocycles. The van der Waals surface area contributed by atoms with Gasteiger partial charge in [0.05, 0.1) is 48.9 Å². The molecular weight excluding hydrogens is 348 g/mol. The summed E-state index contributed by atoms with van der Waals surface area (Å²) in [6.45, 7) is 5.20. The molecule has 1 aromatic heterocycles. The van der Waals surface area contributed by atoms with Gasteiger partial charge in [-0.05, 0) is 31.5 Å². The van der Waals surface area contributed by atoms with Gasteiger partial charge in [0.2, 0.25) is 5.91 Å². The molecule has 0 aliphatic carbocycles. The van der Waals surface area contributed by atoms with Gasteiger partial charge >= 0.3 is 5.97 Å². The van der Waals surface area contributed by atoms with E-state index in [0.717, 1.165) is 36.4 Å². The maximum atomic E-state index is 12.3. The zero-order chi connectivity index (χ0) is 19.0. The number of carbonyl (C=O) groups excluding carboxylic acids is 2. The van der Waals surface area contributed by atoms with E-state index in [0.29, 0.717) is 25.2 Å². The maximum Gasteiger partial charge on any atom is 0.337 e. The first-order valence-electron chi connectivity index (χ1n) is 9.28. The summed E-state index contributed by atoms with van der Waals surface area (Å²) in [5, 5.41) is 3.10. The number of amides is 1. The fourth-order valence-corrected chi connectivity index (χ4v) is 3.70. The van der Waals surface area contributed by atoms with Gasteiger partial charge in [0.15, 0.2) is 0 Å². The summed E-state index contributed by atoms with van der Waals surface area (Å²) >= 11 is 0. The molecule has 144 valence electrons. The number of rotatable bonds is 5. The Morgan fingerprint density at radius 2 is 2.30 bits per heavy atom. The molecule has 1 N–H and O–H groups in total. The second-order valence-electron chi connectivity index (χ2n) is 7.00. The quantitative estimate of drug-likeness (QED) is 0.792. The lowest BCUT2D eigenvalue weighted by atomic mass is 10.1. The largest absolute Gasteiger partial charge is 0.465 e. The van der Waals surface area contributed by atoms with Gasteiger partial charge < -0.3 is 24.3 Å². The number of hydrogen-bond acceptors (Lipinski definition) is 6. The first kappa shape index (κ1) is 17.9. The molecule has 2 saturated heterocycles. The molecule has 2 fully saturated rings. The van der Waals surface area contributed by atoms with Crippen LogP contribution in [0.25, 0.3) is 11.0 Å². The summed E-state index contributed by atoms with van der Waals surface area (Å²) in [4.78, 5) is 31.0. The Balaban J connectivity index is 1.76. The van der Waals surface area contributed by atoms with E-state index in [9.17, 15) is 9.59 Å². The van der Waals surface area contributed by atoms with Gasteiger partial charge in [-0.15, -0.1) is 0 Å². The van der Waals surface area contributed by atoms with Gasteiger partial charge in [-0.3, -0.25) is 4.79 Å². The van der Waals surface area contributed by atoms with Crippen LogP contribution in [0.4, 0.5) is 0 Å². The Morgan fingerprint density at radius 1 is 1.48 bits per heavy atom. The van der Waals surface area contributed by atoms with Crippen LogP contribution >= 0.6 is 0 Å². The molecule has 2 aromatic rings. The van der Waals surface area contributed by atoms with Crippen molar-refractivity contribution in [2.75, 3.05) is 33.4 Å². The molecule has 2 atom stereocenters. The number of carbonyl (C=O) groups is 2. The topological polar surface area (TPSA) is 85.7 Å². The van der Waals surface area contributed by atoms with Gasteiger partial charge in [0.1, 0.15) is 5.82 Å². The van der Waals surface area contributed by atoms with Crippen LogP contribution in [0.1, 0.15) is 35.6 Å². The van der Waals surface area contributed by atoms with Gasteiger partial charge in [-0.2, -0.15) is 0 Å². The Bertz CT molecular complexity index is 874. The number of fused-ring (bicyclic) bond motifs is 1. The van der Waals surface area contributed by atoms with E-state index in [-0.39, 0.29) is 24.0 Å². The highest BCUT2D eigenvalue weighted by Gasteiger charge is 2.30. The zero-order valence-corrected chi connectivity index (χ0v) is 15.6. The molecule has 27 heavy (non-hydrogen) atoms. The number of piperazine rings is 1. The fraction of sp³-hybridized carbons (Fsp3) is 0.526. The Kier molecular flexibility index (Phi) is 4.84. The van der Waals surface area contributed by atoms with Crippen LogP contribution in [0.3, 0.4) is 0 Å². The maximum absolute atomic E-state index is 12.3. The Hall–Kier alpha value is -2.45. The summed E-state index contributed by atoms with van der Waals surface area (Å²) in [7, 11) is 1.37. The molecule has 4 rings (SSSR count). The Labute approximate surface area is 157 Å². The highest BCUT2D eigenvalue weighted by atomic mass is 16.5. The number of benzene rings is 1. The molecule has 1 amide bonds. The lowest BCUT2D eigenvalue weighted by Gasteiger charge is -2.34. The number of hydrogen-bond donors (Lipinski definition) is 1. The summed E-state index contributed by atoms with van der Waals surface area (Å²) in [6, 6.07) is 5.20. The number of methoxy groups -OCH3 is 1. The van der Waals surface area contributed by atoms with E-state index in [1.165, 1.54) is 7.11 Å². The van der Waals surface area contributed by atoms with Crippen molar-refractivity contribution in [2.24, 2.45) is 0 Å². The smallest absolute Gasteiger partial charge is 0.337 e. The van der Waals surface area contributed by atoms with Crippen LogP contribution in [-0.4, -0.2) is 65.8 Å². The minimum atomic E-state index is -0.378. The predicted octanol–water partition coefficient (Wildman–Crippen LogP) is 1.10.